The molecule has 0 N–H and O–H groups in total. The van der Waals surface area contributed by atoms with E-state index in [4.69, 9.17) is 0 Å². The molecule has 0 radical (unpaired) electrons. The van der Waals surface area contributed by atoms with Crippen molar-refractivity contribution in [2.24, 2.45) is 59.2 Å². The highest BCUT2D eigenvalue weighted by Gasteiger charge is 2.88. The van der Waals surface area contributed by atoms with Gasteiger partial charge in [0, 0.05) is 0 Å². The summed E-state index contributed by atoms with van der Waals surface area (Å²) < 4.78 is 0. The summed E-state index contributed by atoms with van der Waals surface area (Å²) in [5, 5.41) is 0. The van der Waals surface area contributed by atoms with Gasteiger partial charge in [-0.05, 0) is 64.8 Å². The third kappa shape index (κ3) is 0.700. The molecule has 0 amide bonds. The highest BCUT2D eigenvalue weighted by atomic mass is 14.9. The maximum Gasteiger partial charge on any atom is -0.00132 e. The summed E-state index contributed by atoms with van der Waals surface area (Å²) >= 11 is 0. The fraction of sp³-hybridized carbons (Fsp3) is 0.500. The normalized spacial score (nSPS) is 61.3. The number of allylic oxidation sites excluding steroid dienone is 10. The molecule has 8 aliphatic carbocycles. The van der Waals surface area contributed by atoms with Crippen LogP contribution in [-0.4, -0.2) is 0 Å². The second-order valence-electron chi connectivity index (χ2n) is 8.07. The summed E-state index contributed by atoms with van der Waals surface area (Å²) in [5.41, 5.74) is 3.51. The number of hydrogen-bond donors (Lipinski definition) is 0. The summed E-state index contributed by atoms with van der Waals surface area (Å²) in [6.07, 6.45) is 18.7. The van der Waals surface area contributed by atoms with Crippen LogP contribution in [0.2, 0.25) is 0 Å². The van der Waals surface area contributed by atoms with Gasteiger partial charge in [0.15, 0.2) is 0 Å². The van der Waals surface area contributed by atoms with Crippen LogP contribution in [0.5, 0.6) is 0 Å². The van der Waals surface area contributed by atoms with Crippen LogP contribution in [0.25, 0.3) is 0 Å². The van der Waals surface area contributed by atoms with E-state index in [1.165, 1.54) is 0 Å². The Balaban J connectivity index is 1.35. The standard InChI is InChI=1S/C20H18/c1-2-6-9(5-1)11-13-17-15-12(10-7-3-4-8-10)16-19(17)14(11)20(16)18(13)15/h1-9,11,13-20H/t11?,13?,14?,15?,16?,17-,18?,19?,20?/m1/s1. The highest BCUT2D eigenvalue weighted by Crippen LogP contribution is 2.92. The minimum absolute atomic E-state index is 0.798. The topological polar surface area (TPSA) is 0 Å². The Morgan fingerprint density at radius 1 is 0.550 bits per heavy atom. The van der Waals surface area contributed by atoms with E-state index >= 15 is 0 Å². The molecule has 0 heteroatoms. The Hall–Kier alpha value is -1.30. The number of rotatable bonds is 1. The van der Waals surface area contributed by atoms with Crippen molar-refractivity contribution < 1.29 is 0 Å². The summed E-state index contributed by atoms with van der Waals surface area (Å²) in [6, 6.07) is 0. The van der Waals surface area contributed by atoms with Crippen LogP contribution in [0.3, 0.4) is 0 Å². The summed E-state index contributed by atoms with van der Waals surface area (Å²) in [6.45, 7) is 0. The first-order valence-electron chi connectivity index (χ1n) is 8.40. The Bertz CT molecular complexity index is 624. The largest absolute Gasteiger partial charge is 0.0773 e. The quantitative estimate of drug-likeness (QED) is 0.671. The molecule has 0 heterocycles. The maximum atomic E-state index is 2.48. The average Bonchev–Trinajstić information content (AvgIpc) is 3.20. The van der Waals surface area contributed by atoms with Crippen molar-refractivity contribution in [2.75, 3.05) is 0 Å². The zero-order chi connectivity index (χ0) is 12.6. The third-order valence-electron chi connectivity index (χ3n) is 8.15. The van der Waals surface area contributed by atoms with E-state index in [-0.39, 0.29) is 0 Å². The van der Waals surface area contributed by atoms with Gasteiger partial charge in [0.1, 0.15) is 0 Å². The lowest BCUT2D eigenvalue weighted by molar-refractivity contribution is -0.127. The molecule has 0 aromatic rings. The minimum Gasteiger partial charge on any atom is -0.0773 e. The molecule has 0 aromatic heterocycles. The van der Waals surface area contributed by atoms with Gasteiger partial charge in [-0.1, -0.05) is 54.2 Å². The average molecular weight is 258 g/mol. The Labute approximate surface area is 119 Å². The van der Waals surface area contributed by atoms with E-state index in [1.807, 2.05) is 5.57 Å². The van der Waals surface area contributed by atoms with E-state index in [0.717, 1.165) is 59.2 Å². The van der Waals surface area contributed by atoms with Crippen molar-refractivity contribution in [3.05, 3.63) is 59.8 Å². The first-order chi connectivity index (χ1) is 9.97. The first-order valence-corrected chi connectivity index (χ1v) is 8.40. The molecule has 6 fully saturated rings. The van der Waals surface area contributed by atoms with Crippen LogP contribution in [0.4, 0.5) is 0 Å². The zero-order valence-electron chi connectivity index (χ0n) is 11.4. The van der Waals surface area contributed by atoms with Gasteiger partial charge in [-0.2, -0.15) is 0 Å². The van der Waals surface area contributed by atoms with Gasteiger partial charge in [0.25, 0.3) is 0 Å². The van der Waals surface area contributed by atoms with Crippen LogP contribution in [0.1, 0.15) is 0 Å². The van der Waals surface area contributed by atoms with Gasteiger partial charge in [0.2, 0.25) is 0 Å². The van der Waals surface area contributed by atoms with Crippen LogP contribution in [-0.2, 0) is 0 Å². The summed E-state index contributed by atoms with van der Waals surface area (Å²) in [4.78, 5) is 0. The monoisotopic (exact) mass is 258 g/mol. The van der Waals surface area contributed by atoms with Crippen LogP contribution in [0, 0.1) is 59.2 Å². The fourth-order valence-corrected chi connectivity index (χ4v) is 8.18. The molecule has 8 aliphatic rings. The molecule has 8 unspecified atom stereocenters. The molecule has 20 heavy (non-hydrogen) atoms. The summed E-state index contributed by atoms with van der Waals surface area (Å²) in [7, 11) is 0. The van der Waals surface area contributed by atoms with Crippen LogP contribution in [0.15, 0.2) is 59.8 Å². The molecular formula is C20H18. The molecule has 0 saturated heterocycles. The van der Waals surface area contributed by atoms with Crippen molar-refractivity contribution in [2.45, 2.75) is 0 Å². The van der Waals surface area contributed by atoms with Gasteiger partial charge < -0.3 is 0 Å². The minimum atomic E-state index is 0.798. The van der Waals surface area contributed by atoms with E-state index in [1.54, 1.807) is 5.57 Å². The van der Waals surface area contributed by atoms with E-state index in [2.05, 4.69) is 48.6 Å². The van der Waals surface area contributed by atoms with E-state index in [9.17, 15) is 0 Å². The maximum absolute atomic E-state index is 2.48. The lowest BCUT2D eigenvalue weighted by Gasteiger charge is -2.59. The van der Waals surface area contributed by atoms with E-state index < -0.39 is 0 Å². The van der Waals surface area contributed by atoms with Crippen molar-refractivity contribution in [1.29, 1.82) is 0 Å². The molecule has 0 aromatic carbocycles. The SMILES string of the molecule is C1=CC(=C2C3C4C5C(C6C=CC=C6)C6C4C2[C@@H]6C35)C=C1. The predicted molar refractivity (Wildman–Crippen MR) is 78.5 cm³/mol. The molecule has 8 rings (SSSR count). The molecule has 6 saturated carbocycles. The number of hydrogen-bond acceptors (Lipinski definition) is 0. The molecule has 0 spiro atoms. The van der Waals surface area contributed by atoms with Crippen molar-refractivity contribution in [3.63, 3.8) is 0 Å². The second-order valence-corrected chi connectivity index (χ2v) is 8.07. The van der Waals surface area contributed by atoms with Gasteiger partial charge in [-0.25, -0.2) is 0 Å². The molecule has 98 valence electrons. The Morgan fingerprint density at radius 2 is 1.10 bits per heavy atom. The first kappa shape index (κ1) is 9.60. The zero-order valence-corrected chi connectivity index (χ0v) is 11.4. The molecule has 0 aliphatic heterocycles. The van der Waals surface area contributed by atoms with Gasteiger partial charge in [-0.15, -0.1) is 0 Å². The van der Waals surface area contributed by atoms with Gasteiger partial charge in [0.05, 0.1) is 0 Å². The van der Waals surface area contributed by atoms with Crippen molar-refractivity contribution >= 4 is 0 Å². The molecular weight excluding hydrogens is 240 g/mol. The molecule has 4 bridgehead atoms. The second kappa shape index (κ2) is 2.71. The van der Waals surface area contributed by atoms with Crippen LogP contribution >= 0.6 is 0 Å². The van der Waals surface area contributed by atoms with Gasteiger partial charge in [-0.3, -0.25) is 0 Å². The predicted octanol–water partition coefficient (Wildman–Crippen LogP) is 3.77. The lowest BCUT2D eigenvalue weighted by atomic mass is 9.45. The molecule has 9 atom stereocenters. The van der Waals surface area contributed by atoms with Crippen LogP contribution < -0.4 is 0 Å². The van der Waals surface area contributed by atoms with Crippen molar-refractivity contribution in [1.82, 2.24) is 0 Å². The van der Waals surface area contributed by atoms with Gasteiger partial charge >= 0.3 is 0 Å². The molecule has 0 nitrogen and oxygen atoms in total. The highest BCUT2D eigenvalue weighted by molar-refractivity contribution is 5.55. The van der Waals surface area contributed by atoms with E-state index in [0.29, 0.717) is 0 Å². The summed E-state index contributed by atoms with van der Waals surface area (Å²) in [5.74, 6) is 10.4. The van der Waals surface area contributed by atoms with Crippen molar-refractivity contribution in [3.8, 4) is 0 Å². The Kier molecular flexibility index (Phi) is 1.30. The third-order valence-corrected chi connectivity index (χ3v) is 8.15. The fourth-order valence-electron chi connectivity index (χ4n) is 8.18. The smallest absolute Gasteiger partial charge is 0.00132 e. The Morgan fingerprint density at radius 3 is 1.65 bits per heavy atom. The lowest BCUT2D eigenvalue weighted by Crippen LogP contribution is -2.56.